The summed E-state index contributed by atoms with van der Waals surface area (Å²) in [6, 6.07) is 0. The molecule has 1 amide bonds. The van der Waals surface area contributed by atoms with Crippen molar-refractivity contribution in [3.63, 3.8) is 0 Å². The number of aromatic carboxylic acids is 1. The predicted octanol–water partition coefficient (Wildman–Crippen LogP) is 1.55. The van der Waals surface area contributed by atoms with Crippen LogP contribution in [-0.4, -0.2) is 26.3 Å². The highest BCUT2D eigenvalue weighted by Crippen LogP contribution is 2.44. The van der Waals surface area contributed by atoms with Gasteiger partial charge in [-0.05, 0) is 13.8 Å². The van der Waals surface area contributed by atoms with Gasteiger partial charge < -0.3 is 15.0 Å². The predicted molar refractivity (Wildman–Crippen MR) is 60.9 cm³/mol. The van der Waals surface area contributed by atoms with Gasteiger partial charge in [0.2, 0.25) is 5.91 Å². The number of nitrogens with zero attached hydrogens (tertiary/aromatic N) is 1. The number of rotatable bonds is 1. The van der Waals surface area contributed by atoms with E-state index in [-0.39, 0.29) is 11.6 Å². The van der Waals surface area contributed by atoms with E-state index in [0.717, 1.165) is 0 Å². The first-order valence-electron chi connectivity index (χ1n) is 4.76. The van der Waals surface area contributed by atoms with Crippen LogP contribution in [0.1, 0.15) is 24.3 Å². The number of nitrogens with one attached hydrogen (secondary N) is 1. The lowest BCUT2D eigenvalue weighted by Crippen LogP contribution is -2.36. The molecular weight excluding hydrogens is 228 g/mol. The third-order valence-corrected chi connectivity index (χ3v) is 3.80. The van der Waals surface area contributed by atoms with Crippen molar-refractivity contribution < 1.29 is 14.7 Å². The average Bonchev–Trinajstić information content (AvgIpc) is 2.40. The molecule has 0 spiro atoms. The van der Waals surface area contributed by atoms with E-state index >= 15 is 0 Å². The smallest absolute Gasteiger partial charge is 0.353 e. The Balaban J connectivity index is 2.57. The van der Waals surface area contributed by atoms with Crippen LogP contribution in [0.3, 0.4) is 0 Å². The number of thioether (sulfide) groups is 1. The molecule has 0 saturated heterocycles. The normalized spacial score (nSPS) is 17.8. The molecular formula is C10H12N2O3S. The topological polar surface area (TPSA) is 71.3 Å². The quantitative estimate of drug-likeness (QED) is 0.781. The minimum Gasteiger partial charge on any atom is -0.477 e. The van der Waals surface area contributed by atoms with Crippen LogP contribution in [-0.2, 0) is 11.8 Å². The molecule has 5 nitrogen and oxygen atoms in total. The fourth-order valence-electron chi connectivity index (χ4n) is 1.62. The van der Waals surface area contributed by atoms with E-state index in [2.05, 4.69) is 5.32 Å². The van der Waals surface area contributed by atoms with Crippen LogP contribution in [0.5, 0.6) is 0 Å². The second-order valence-electron chi connectivity index (χ2n) is 4.20. The number of fused-ring (bicyclic) bond motifs is 1. The van der Waals surface area contributed by atoms with Gasteiger partial charge in [-0.3, -0.25) is 4.79 Å². The summed E-state index contributed by atoms with van der Waals surface area (Å²) in [6.45, 7) is 3.54. The molecule has 2 heterocycles. The van der Waals surface area contributed by atoms with Crippen LogP contribution in [0.4, 0.5) is 5.69 Å². The number of carboxylic acids is 1. The van der Waals surface area contributed by atoms with Gasteiger partial charge in [0.15, 0.2) is 0 Å². The molecule has 1 aliphatic rings. The Morgan fingerprint density at radius 2 is 2.19 bits per heavy atom. The van der Waals surface area contributed by atoms with Crippen molar-refractivity contribution in [3.05, 3.63) is 11.9 Å². The maximum atomic E-state index is 11.7. The van der Waals surface area contributed by atoms with E-state index in [4.69, 9.17) is 5.11 Å². The number of carbonyl (C=O) groups excluding carboxylic acids is 1. The number of amides is 1. The van der Waals surface area contributed by atoms with Gasteiger partial charge in [0.05, 0.1) is 15.3 Å². The van der Waals surface area contributed by atoms with Gasteiger partial charge in [-0.2, -0.15) is 0 Å². The second-order valence-corrected chi connectivity index (χ2v) is 5.84. The van der Waals surface area contributed by atoms with Gasteiger partial charge in [-0.1, -0.05) is 0 Å². The van der Waals surface area contributed by atoms with E-state index in [1.165, 1.54) is 16.3 Å². The SMILES string of the molecule is Cn1cc2c(c1C(=O)O)SC(C)(C)C(=O)N2. The van der Waals surface area contributed by atoms with E-state index in [0.29, 0.717) is 10.6 Å². The molecule has 2 rings (SSSR count). The standard InChI is InChI=1S/C10H12N2O3S/c1-10(2)9(15)11-5-4-12(3)6(8(13)14)7(5)16-10/h4H,1-3H3,(H,11,15)(H,13,14). The maximum absolute atomic E-state index is 11.7. The monoisotopic (exact) mass is 240 g/mol. The second kappa shape index (κ2) is 3.28. The number of carbonyl (C=O) groups is 2. The van der Waals surface area contributed by atoms with Crippen molar-refractivity contribution in [2.75, 3.05) is 5.32 Å². The number of aromatic nitrogens is 1. The first-order chi connectivity index (χ1) is 7.33. The molecule has 0 aromatic carbocycles. The summed E-state index contributed by atoms with van der Waals surface area (Å²) in [6.07, 6.45) is 1.62. The lowest BCUT2D eigenvalue weighted by atomic mass is 10.2. The van der Waals surface area contributed by atoms with Crippen molar-refractivity contribution >= 4 is 29.3 Å². The number of hydrogen-bond donors (Lipinski definition) is 2. The molecule has 0 aliphatic carbocycles. The zero-order valence-electron chi connectivity index (χ0n) is 9.20. The third kappa shape index (κ3) is 1.49. The summed E-state index contributed by atoms with van der Waals surface area (Å²) >= 11 is 1.28. The summed E-state index contributed by atoms with van der Waals surface area (Å²) < 4.78 is 0.875. The third-order valence-electron chi connectivity index (χ3n) is 2.49. The Kier molecular flexibility index (Phi) is 2.27. The molecule has 0 atom stereocenters. The van der Waals surface area contributed by atoms with Crippen molar-refractivity contribution in [3.8, 4) is 0 Å². The summed E-state index contributed by atoms with van der Waals surface area (Å²) in [4.78, 5) is 23.4. The Bertz CT molecular complexity index is 490. The lowest BCUT2D eigenvalue weighted by molar-refractivity contribution is -0.117. The highest BCUT2D eigenvalue weighted by molar-refractivity contribution is 8.01. The van der Waals surface area contributed by atoms with Gasteiger partial charge >= 0.3 is 5.97 Å². The molecule has 0 saturated carbocycles. The van der Waals surface area contributed by atoms with Crippen molar-refractivity contribution in [1.29, 1.82) is 0 Å². The molecule has 16 heavy (non-hydrogen) atoms. The van der Waals surface area contributed by atoms with E-state index in [9.17, 15) is 9.59 Å². The Hall–Kier alpha value is -1.43. The fraction of sp³-hybridized carbons (Fsp3) is 0.400. The van der Waals surface area contributed by atoms with Crippen LogP contribution in [0.2, 0.25) is 0 Å². The zero-order chi connectivity index (χ0) is 12.1. The highest BCUT2D eigenvalue weighted by atomic mass is 32.2. The first-order valence-corrected chi connectivity index (χ1v) is 5.57. The molecule has 1 aliphatic heterocycles. The van der Waals surface area contributed by atoms with E-state index in [1.54, 1.807) is 27.1 Å². The molecule has 86 valence electrons. The van der Waals surface area contributed by atoms with Gasteiger partial charge in [0.25, 0.3) is 0 Å². The summed E-state index contributed by atoms with van der Waals surface area (Å²) in [5, 5.41) is 11.8. The molecule has 0 bridgehead atoms. The van der Waals surface area contributed by atoms with Crippen LogP contribution in [0.25, 0.3) is 0 Å². The molecule has 0 radical (unpaired) electrons. The zero-order valence-corrected chi connectivity index (χ0v) is 10.0. The van der Waals surface area contributed by atoms with Gasteiger partial charge in [-0.15, -0.1) is 11.8 Å². The molecule has 0 unspecified atom stereocenters. The summed E-state index contributed by atoms with van der Waals surface area (Å²) in [5.41, 5.74) is 0.794. The molecule has 1 aromatic rings. The molecule has 6 heteroatoms. The van der Waals surface area contributed by atoms with Crippen LogP contribution in [0.15, 0.2) is 11.1 Å². The van der Waals surface area contributed by atoms with Crippen molar-refractivity contribution in [2.24, 2.45) is 7.05 Å². The molecule has 0 fully saturated rings. The number of hydrogen-bond acceptors (Lipinski definition) is 3. The highest BCUT2D eigenvalue weighted by Gasteiger charge is 2.38. The Labute approximate surface area is 96.8 Å². The van der Waals surface area contributed by atoms with Crippen LogP contribution >= 0.6 is 11.8 Å². The average molecular weight is 240 g/mol. The minimum atomic E-state index is -0.983. The van der Waals surface area contributed by atoms with Crippen molar-refractivity contribution in [1.82, 2.24) is 4.57 Å². The van der Waals surface area contributed by atoms with Gasteiger partial charge in [-0.25, -0.2) is 4.79 Å². The maximum Gasteiger partial charge on any atom is 0.353 e. The van der Waals surface area contributed by atoms with Gasteiger partial charge in [0.1, 0.15) is 5.69 Å². The Morgan fingerprint density at radius 3 is 2.75 bits per heavy atom. The number of anilines is 1. The number of aryl methyl sites for hydroxylation is 1. The van der Waals surface area contributed by atoms with Gasteiger partial charge in [0, 0.05) is 13.2 Å². The minimum absolute atomic E-state index is 0.104. The molecule has 2 N–H and O–H groups in total. The van der Waals surface area contributed by atoms with E-state index in [1.807, 2.05) is 0 Å². The fourth-order valence-corrected chi connectivity index (χ4v) is 2.81. The number of carboxylic acid groups (broad SMARTS) is 1. The first kappa shape index (κ1) is 11.1. The van der Waals surface area contributed by atoms with Crippen LogP contribution in [0, 0.1) is 0 Å². The van der Waals surface area contributed by atoms with E-state index < -0.39 is 10.7 Å². The lowest BCUT2D eigenvalue weighted by Gasteiger charge is -2.27. The summed E-state index contributed by atoms with van der Waals surface area (Å²) in [5.74, 6) is -1.09. The largest absolute Gasteiger partial charge is 0.477 e. The summed E-state index contributed by atoms with van der Waals surface area (Å²) in [7, 11) is 1.65. The van der Waals surface area contributed by atoms with Crippen molar-refractivity contribution in [2.45, 2.75) is 23.5 Å². The Morgan fingerprint density at radius 1 is 1.56 bits per heavy atom. The molecule has 1 aromatic heterocycles. The van der Waals surface area contributed by atoms with Crippen LogP contribution < -0.4 is 5.32 Å².